The van der Waals surface area contributed by atoms with Crippen LogP contribution < -0.4 is 22.6 Å². The maximum atomic E-state index is 15.1. The van der Waals surface area contributed by atoms with Gasteiger partial charge in [-0.3, -0.25) is 14.6 Å². The number of allylic oxidation sites excluding steroid dienone is 2. The number of hydrogen-bond donors (Lipinski definition) is 4. The second kappa shape index (κ2) is 12.8. The van der Waals surface area contributed by atoms with Gasteiger partial charge in [-0.25, -0.2) is 10.2 Å². The number of likely N-dealkylation sites (tertiary alicyclic amines) is 2. The third-order valence-corrected chi connectivity index (χ3v) is 7.29. The molecule has 0 aromatic carbocycles. The van der Waals surface area contributed by atoms with Gasteiger partial charge in [0, 0.05) is 55.9 Å². The largest absolute Gasteiger partial charge is 0.403 e. The summed E-state index contributed by atoms with van der Waals surface area (Å²) < 4.78 is 15.1. The van der Waals surface area contributed by atoms with Gasteiger partial charge in [0.05, 0.1) is 30.0 Å². The number of carbonyl (C=O) groups is 2. The lowest BCUT2D eigenvalue weighted by atomic mass is 9.92. The van der Waals surface area contributed by atoms with Gasteiger partial charge in [0.15, 0.2) is 0 Å². The number of carbonyl (C=O) groups excluding carboxylic acids is 2. The van der Waals surface area contributed by atoms with Gasteiger partial charge in [0.25, 0.3) is 5.91 Å². The number of nitrogens with zero attached hydrogens (tertiary/aromatic N) is 6. The van der Waals surface area contributed by atoms with Crippen LogP contribution in [-0.2, 0) is 9.59 Å². The second-order valence-corrected chi connectivity index (χ2v) is 10.3. The van der Waals surface area contributed by atoms with Gasteiger partial charge < -0.3 is 36.5 Å². The molecule has 40 heavy (non-hydrogen) atoms. The molecule has 216 valence electrons. The summed E-state index contributed by atoms with van der Waals surface area (Å²) in [7, 11) is 3.92. The van der Waals surface area contributed by atoms with E-state index in [0.717, 1.165) is 12.6 Å². The van der Waals surface area contributed by atoms with Crippen molar-refractivity contribution in [2.24, 2.45) is 17.3 Å². The number of rotatable bonds is 10. The zero-order chi connectivity index (χ0) is 29.6. The van der Waals surface area contributed by atoms with Crippen molar-refractivity contribution in [3.8, 4) is 6.07 Å². The summed E-state index contributed by atoms with van der Waals surface area (Å²) in [6.07, 6.45) is 4.95. The predicted octanol–water partition coefficient (Wildman–Crippen LogP) is 0.429. The van der Waals surface area contributed by atoms with Gasteiger partial charge in [-0.1, -0.05) is 6.58 Å². The van der Waals surface area contributed by atoms with Gasteiger partial charge in [-0.05, 0) is 46.0 Å². The second-order valence-electron chi connectivity index (χ2n) is 10.3. The Balaban J connectivity index is 1.69. The number of amides is 2. The molecule has 13 heteroatoms. The number of nitrogens with two attached hydrogens (primary N) is 3. The van der Waals surface area contributed by atoms with Gasteiger partial charge >= 0.3 is 0 Å². The van der Waals surface area contributed by atoms with E-state index < -0.39 is 11.6 Å². The molecule has 0 radical (unpaired) electrons. The Hall–Kier alpha value is -4.15. The van der Waals surface area contributed by atoms with Crippen molar-refractivity contribution >= 4 is 28.8 Å². The van der Waals surface area contributed by atoms with Crippen LogP contribution in [-0.4, -0.2) is 102 Å². The van der Waals surface area contributed by atoms with Gasteiger partial charge in [0.2, 0.25) is 11.6 Å². The highest BCUT2D eigenvalue weighted by atomic mass is 19.1. The number of pyridine rings is 1. The molecule has 0 bridgehead atoms. The van der Waals surface area contributed by atoms with Crippen LogP contribution in [0.4, 0.5) is 10.1 Å². The Morgan fingerprint density at radius 3 is 2.52 bits per heavy atom. The minimum atomic E-state index is -2.06. The highest BCUT2D eigenvalue weighted by Crippen LogP contribution is 2.31. The van der Waals surface area contributed by atoms with Crippen molar-refractivity contribution in [1.29, 1.82) is 5.26 Å². The van der Waals surface area contributed by atoms with Gasteiger partial charge in [-0.15, -0.1) is 0 Å². The van der Waals surface area contributed by atoms with E-state index in [9.17, 15) is 14.9 Å². The number of hydrazine groups is 1. The van der Waals surface area contributed by atoms with Crippen molar-refractivity contribution in [2.45, 2.75) is 31.5 Å². The summed E-state index contributed by atoms with van der Waals surface area (Å²) in [6, 6.07) is 3.75. The molecule has 0 unspecified atom stereocenters. The summed E-state index contributed by atoms with van der Waals surface area (Å²) in [5.41, 5.74) is 13.0. The van der Waals surface area contributed by atoms with Gasteiger partial charge in [0.1, 0.15) is 11.8 Å². The number of likely N-dealkylation sites (N-methyl/N-ethyl adjacent to an activating group) is 1. The Kier molecular flexibility index (Phi) is 9.73. The fraction of sp³-hybridized carbons (Fsp3) is 0.481. The maximum absolute atomic E-state index is 15.1. The number of nitriles is 1. The first kappa shape index (κ1) is 30.4. The van der Waals surface area contributed by atoms with E-state index in [1.807, 2.05) is 25.1 Å². The molecule has 3 heterocycles. The van der Waals surface area contributed by atoms with Gasteiger partial charge in [-0.2, -0.15) is 5.26 Å². The smallest absolute Gasteiger partial charge is 0.264 e. The monoisotopic (exact) mass is 554 g/mol. The molecule has 1 aromatic rings. The standard InChI is InChI=1S/C27H39FN10O2/c1-5-23(39)37-16-27(28,17-37)26(40)36-9-6-21(7-10-36)38(32)18(2)24(31)19-12-22(33-8-11-35(3)4)25(34-15-19)20(13-29)14-30/h5,12-13,15,21,33H,1,6-11,16-17,29,31-32H2,2-4H3/b20-13-,24-18-. The molecule has 0 spiro atoms. The fourth-order valence-corrected chi connectivity index (χ4v) is 4.78. The average molecular weight is 555 g/mol. The number of anilines is 1. The number of hydrogen-bond acceptors (Lipinski definition) is 10. The normalized spacial score (nSPS) is 18.0. The average Bonchev–Trinajstić information content (AvgIpc) is 2.94. The first-order valence-electron chi connectivity index (χ1n) is 13.1. The third-order valence-electron chi connectivity index (χ3n) is 7.29. The summed E-state index contributed by atoms with van der Waals surface area (Å²) in [5, 5.41) is 14.4. The highest BCUT2D eigenvalue weighted by molar-refractivity contribution is 5.93. The minimum Gasteiger partial charge on any atom is -0.403 e. The highest BCUT2D eigenvalue weighted by Gasteiger charge is 2.53. The van der Waals surface area contributed by atoms with Crippen LogP contribution in [0.1, 0.15) is 31.0 Å². The van der Waals surface area contributed by atoms with E-state index in [1.165, 1.54) is 16.0 Å². The molecule has 0 atom stereocenters. The molecule has 2 amide bonds. The van der Waals surface area contributed by atoms with E-state index in [1.54, 1.807) is 18.1 Å². The van der Waals surface area contributed by atoms with Crippen LogP contribution in [0.25, 0.3) is 11.3 Å². The molecule has 2 fully saturated rings. The molecule has 0 aliphatic carbocycles. The van der Waals surface area contributed by atoms with Crippen LogP contribution in [0.3, 0.4) is 0 Å². The van der Waals surface area contributed by atoms with E-state index >= 15 is 4.39 Å². The topological polar surface area (TPSA) is 174 Å². The predicted molar refractivity (Wildman–Crippen MR) is 152 cm³/mol. The van der Waals surface area contributed by atoms with Crippen LogP contribution >= 0.6 is 0 Å². The summed E-state index contributed by atoms with van der Waals surface area (Å²) in [5.74, 6) is 5.48. The SMILES string of the molecule is C=CC(=O)N1CC(F)(C(=O)N2CCC(N(N)/C(C)=C(\N)c3cnc(/C(C#N)=C\N)c(NCCN(C)C)c3)CC2)C1. The summed E-state index contributed by atoms with van der Waals surface area (Å²) >= 11 is 0. The van der Waals surface area contributed by atoms with E-state index in [4.69, 9.17) is 17.3 Å². The first-order chi connectivity index (χ1) is 18.9. The van der Waals surface area contributed by atoms with E-state index in [-0.39, 0.29) is 30.6 Å². The maximum Gasteiger partial charge on any atom is 0.264 e. The number of nitrogens with one attached hydrogen (secondary N) is 1. The molecule has 0 saturated carbocycles. The Morgan fingerprint density at radius 2 is 1.98 bits per heavy atom. The van der Waals surface area contributed by atoms with Crippen molar-refractivity contribution in [2.75, 3.05) is 58.7 Å². The van der Waals surface area contributed by atoms with Crippen molar-refractivity contribution in [1.82, 2.24) is 24.7 Å². The molecule has 2 saturated heterocycles. The van der Waals surface area contributed by atoms with Crippen molar-refractivity contribution in [3.63, 3.8) is 0 Å². The van der Waals surface area contributed by atoms with Crippen LogP contribution in [0.2, 0.25) is 0 Å². The zero-order valence-electron chi connectivity index (χ0n) is 23.4. The lowest BCUT2D eigenvalue weighted by Gasteiger charge is -2.46. The Morgan fingerprint density at radius 1 is 1.32 bits per heavy atom. The number of aromatic nitrogens is 1. The van der Waals surface area contributed by atoms with Crippen LogP contribution in [0.15, 0.2) is 36.8 Å². The molecule has 1 aromatic heterocycles. The van der Waals surface area contributed by atoms with Crippen LogP contribution in [0, 0.1) is 11.3 Å². The first-order valence-corrected chi connectivity index (χ1v) is 13.1. The number of halogens is 1. The third kappa shape index (κ3) is 6.52. The minimum absolute atomic E-state index is 0.117. The lowest BCUT2D eigenvalue weighted by molar-refractivity contribution is -0.162. The summed E-state index contributed by atoms with van der Waals surface area (Å²) in [4.78, 5) is 33.7. The van der Waals surface area contributed by atoms with Crippen molar-refractivity contribution in [3.05, 3.63) is 48.1 Å². The molecule has 2 aliphatic heterocycles. The molecule has 3 rings (SSSR count). The Bertz CT molecular complexity index is 1220. The van der Waals surface area contributed by atoms with E-state index in [2.05, 4.69) is 22.9 Å². The Labute approximate surface area is 234 Å². The zero-order valence-corrected chi connectivity index (χ0v) is 23.4. The van der Waals surface area contributed by atoms with Crippen molar-refractivity contribution < 1.29 is 14.0 Å². The molecular formula is C27H39FN10O2. The molecule has 2 aliphatic rings. The fourth-order valence-electron chi connectivity index (χ4n) is 4.78. The number of alkyl halides is 1. The summed E-state index contributed by atoms with van der Waals surface area (Å²) in [6.45, 7) is 6.73. The molecule has 7 N–H and O–H groups in total. The molecular weight excluding hydrogens is 515 g/mol. The number of piperidine rings is 1. The molecule has 12 nitrogen and oxygen atoms in total. The van der Waals surface area contributed by atoms with E-state index in [0.29, 0.717) is 60.8 Å². The van der Waals surface area contributed by atoms with Crippen LogP contribution in [0.5, 0.6) is 0 Å². The lowest BCUT2D eigenvalue weighted by Crippen LogP contribution is -2.68. The quantitative estimate of drug-likeness (QED) is 0.137.